The zero-order valence-corrected chi connectivity index (χ0v) is 15.1. The van der Waals surface area contributed by atoms with Crippen molar-refractivity contribution in [1.29, 1.82) is 0 Å². The van der Waals surface area contributed by atoms with Gasteiger partial charge in [-0.25, -0.2) is 0 Å². The minimum atomic E-state index is -0.816. The summed E-state index contributed by atoms with van der Waals surface area (Å²) in [4.78, 5) is 28.3. The number of piperazine rings is 2. The van der Waals surface area contributed by atoms with E-state index in [0.717, 1.165) is 16.9 Å². The Morgan fingerprint density at radius 1 is 1.27 bits per heavy atom. The molecule has 2 saturated heterocycles. The smallest absolute Gasteiger partial charge is 0.248 e. The highest BCUT2D eigenvalue weighted by Crippen LogP contribution is 2.23. The molecule has 2 N–H and O–H groups in total. The molecule has 2 aliphatic heterocycles. The van der Waals surface area contributed by atoms with E-state index in [1.807, 2.05) is 18.2 Å². The lowest BCUT2D eigenvalue weighted by Crippen LogP contribution is -2.69. The van der Waals surface area contributed by atoms with E-state index in [0.29, 0.717) is 32.8 Å². The van der Waals surface area contributed by atoms with Crippen LogP contribution in [0.3, 0.4) is 0 Å². The lowest BCUT2D eigenvalue weighted by atomic mass is 10.0. The van der Waals surface area contributed by atoms with Crippen LogP contribution in [0.2, 0.25) is 0 Å². The summed E-state index contributed by atoms with van der Waals surface area (Å²) in [6.07, 6.45) is 0. The predicted molar refractivity (Wildman–Crippen MR) is 93.5 cm³/mol. The Hall–Kier alpha value is -2.16. The first-order valence-corrected chi connectivity index (χ1v) is 8.66. The lowest BCUT2D eigenvalue weighted by molar-refractivity contribution is -0.154. The minimum absolute atomic E-state index is 0.205. The van der Waals surface area contributed by atoms with Gasteiger partial charge in [-0.3, -0.25) is 14.5 Å². The topological polar surface area (TPSA) is 91.3 Å². The number of nitrogens with zero attached hydrogens (tertiary/aromatic N) is 2. The van der Waals surface area contributed by atoms with Crippen LogP contribution in [-0.2, 0) is 27.5 Å². The first kappa shape index (κ1) is 18.6. The number of hydrogen-bond donors (Lipinski definition) is 2. The molecule has 8 nitrogen and oxygen atoms in total. The van der Waals surface area contributed by atoms with E-state index in [-0.39, 0.29) is 18.4 Å². The molecule has 0 unspecified atom stereocenters. The van der Waals surface area contributed by atoms with Gasteiger partial charge in [0.15, 0.2) is 0 Å². The third kappa shape index (κ3) is 3.67. The number of benzene rings is 1. The standard InChI is InChI=1S/C18H25N3O5/c1-25-11-13-7-12(3-4-16(13)26-2)8-20-5-6-21-15(9-20)17(23)19-14(10-22)18(21)24/h3-4,7,14-15,22H,5-6,8-11H2,1-2H3,(H,19,23)/t14-,15+/m0/s1. The van der Waals surface area contributed by atoms with Crippen LogP contribution in [0, 0.1) is 0 Å². The SMILES string of the molecule is COCc1cc(CN2CCN3C(=O)[C@H](CO)NC(=O)[C@H]3C2)ccc1OC. The Morgan fingerprint density at radius 2 is 2.08 bits per heavy atom. The summed E-state index contributed by atoms with van der Waals surface area (Å²) >= 11 is 0. The maximum atomic E-state index is 12.3. The van der Waals surface area contributed by atoms with E-state index in [1.54, 1.807) is 19.1 Å². The quantitative estimate of drug-likeness (QED) is 0.698. The van der Waals surface area contributed by atoms with Crippen molar-refractivity contribution < 1.29 is 24.2 Å². The zero-order chi connectivity index (χ0) is 18.7. The first-order chi connectivity index (χ1) is 12.6. The molecule has 26 heavy (non-hydrogen) atoms. The summed E-state index contributed by atoms with van der Waals surface area (Å²) in [5.74, 6) is 0.374. The van der Waals surface area contributed by atoms with Crippen molar-refractivity contribution in [3.63, 3.8) is 0 Å². The summed E-state index contributed by atoms with van der Waals surface area (Å²) in [7, 11) is 3.27. The molecule has 8 heteroatoms. The molecule has 142 valence electrons. The van der Waals surface area contributed by atoms with Crippen LogP contribution < -0.4 is 10.1 Å². The Balaban J connectivity index is 1.69. The fraction of sp³-hybridized carbons (Fsp3) is 0.556. The molecular weight excluding hydrogens is 338 g/mol. The third-order valence-corrected chi connectivity index (χ3v) is 4.90. The van der Waals surface area contributed by atoms with Crippen molar-refractivity contribution in [3.8, 4) is 5.75 Å². The number of fused-ring (bicyclic) bond motifs is 1. The highest BCUT2D eigenvalue weighted by Gasteiger charge is 2.43. The molecule has 2 amide bonds. The lowest BCUT2D eigenvalue weighted by Gasteiger charge is -2.45. The van der Waals surface area contributed by atoms with Crippen molar-refractivity contribution in [3.05, 3.63) is 29.3 Å². The second-order valence-electron chi connectivity index (χ2n) is 6.61. The third-order valence-electron chi connectivity index (χ3n) is 4.90. The van der Waals surface area contributed by atoms with E-state index in [9.17, 15) is 14.7 Å². The number of carbonyl (C=O) groups excluding carboxylic acids is 2. The molecule has 0 aliphatic carbocycles. The predicted octanol–water partition coefficient (Wildman–Crippen LogP) is -0.655. The van der Waals surface area contributed by atoms with Gasteiger partial charge in [0.05, 0.1) is 20.3 Å². The largest absolute Gasteiger partial charge is 0.496 e. The van der Waals surface area contributed by atoms with Gasteiger partial charge < -0.3 is 24.8 Å². The second-order valence-corrected chi connectivity index (χ2v) is 6.61. The van der Waals surface area contributed by atoms with Crippen LogP contribution in [0.1, 0.15) is 11.1 Å². The number of nitrogens with one attached hydrogen (secondary N) is 1. The molecule has 2 aliphatic rings. The second kappa shape index (κ2) is 8.03. The Morgan fingerprint density at radius 3 is 2.77 bits per heavy atom. The molecular formula is C18H25N3O5. The monoisotopic (exact) mass is 363 g/mol. The summed E-state index contributed by atoms with van der Waals surface area (Å²) in [6.45, 7) is 2.41. The summed E-state index contributed by atoms with van der Waals surface area (Å²) in [6, 6.07) is 4.64. The van der Waals surface area contributed by atoms with Gasteiger partial charge >= 0.3 is 0 Å². The van der Waals surface area contributed by atoms with Gasteiger partial charge in [-0.2, -0.15) is 0 Å². The van der Waals surface area contributed by atoms with Gasteiger partial charge in [0, 0.05) is 38.9 Å². The molecule has 1 aromatic rings. The van der Waals surface area contributed by atoms with Crippen LogP contribution in [0.5, 0.6) is 5.75 Å². The van der Waals surface area contributed by atoms with E-state index in [1.165, 1.54) is 0 Å². The van der Waals surface area contributed by atoms with Crippen molar-refractivity contribution in [2.45, 2.75) is 25.2 Å². The fourth-order valence-electron chi connectivity index (χ4n) is 3.58. The van der Waals surface area contributed by atoms with Crippen LogP contribution in [0.15, 0.2) is 18.2 Å². The Bertz CT molecular complexity index is 681. The number of aliphatic hydroxyl groups excluding tert-OH is 1. The van der Waals surface area contributed by atoms with Crippen molar-refractivity contribution >= 4 is 11.8 Å². The Kier molecular flexibility index (Phi) is 5.75. The average molecular weight is 363 g/mol. The Labute approximate surface area is 152 Å². The molecule has 2 atom stereocenters. The van der Waals surface area contributed by atoms with E-state index < -0.39 is 12.1 Å². The molecule has 0 aromatic heterocycles. The van der Waals surface area contributed by atoms with Gasteiger partial charge in [-0.15, -0.1) is 0 Å². The van der Waals surface area contributed by atoms with Gasteiger partial charge in [0.2, 0.25) is 11.8 Å². The van der Waals surface area contributed by atoms with Crippen LogP contribution in [-0.4, -0.2) is 79.3 Å². The molecule has 1 aromatic carbocycles. The molecule has 2 fully saturated rings. The average Bonchev–Trinajstić information content (AvgIpc) is 2.65. The van der Waals surface area contributed by atoms with Crippen LogP contribution >= 0.6 is 0 Å². The number of methoxy groups -OCH3 is 2. The zero-order valence-electron chi connectivity index (χ0n) is 15.1. The van der Waals surface area contributed by atoms with E-state index in [4.69, 9.17) is 9.47 Å². The van der Waals surface area contributed by atoms with E-state index >= 15 is 0 Å². The fourth-order valence-corrected chi connectivity index (χ4v) is 3.58. The van der Waals surface area contributed by atoms with E-state index in [2.05, 4.69) is 10.2 Å². The van der Waals surface area contributed by atoms with Gasteiger partial charge in [0.1, 0.15) is 17.8 Å². The normalized spacial score (nSPS) is 23.6. The number of hydrogen-bond acceptors (Lipinski definition) is 6. The highest BCUT2D eigenvalue weighted by molar-refractivity contribution is 5.97. The molecule has 0 spiro atoms. The number of amides is 2. The van der Waals surface area contributed by atoms with Crippen molar-refractivity contribution in [2.24, 2.45) is 0 Å². The number of rotatable bonds is 6. The maximum Gasteiger partial charge on any atom is 0.248 e. The molecule has 2 heterocycles. The summed E-state index contributed by atoms with van der Waals surface area (Å²) in [5, 5.41) is 11.8. The van der Waals surface area contributed by atoms with Crippen LogP contribution in [0.25, 0.3) is 0 Å². The van der Waals surface area contributed by atoms with Crippen LogP contribution in [0.4, 0.5) is 0 Å². The molecule has 0 radical (unpaired) electrons. The number of carbonyl (C=O) groups is 2. The van der Waals surface area contributed by atoms with Gasteiger partial charge in [0.25, 0.3) is 0 Å². The first-order valence-electron chi connectivity index (χ1n) is 8.66. The molecule has 3 rings (SSSR count). The molecule has 0 bridgehead atoms. The van der Waals surface area contributed by atoms with Crippen molar-refractivity contribution in [1.82, 2.24) is 15.1 Å². The minimum Gasteiger partial charge on any atom is -0.496 e. The maximum absolute atomic E-state index is 12.3. The number of ether oxygens (including phenoxy) is 2. The summed E-state index contributed by atoms with van der Waals surface area (Å²) < 4.78 is 10.6. The van der Waals surface area contributed by atoms with Crippen molar-refractivity contribution in [2.75, 3.05) is 40.5 Å². The highest BCUT2D eigenvalue weighted by atomic mass is 16.5. The van der Waals surface area contributed by atoms with Gasteiger partial charge in [-0.1, -0.05) is 6.07 Å². The number of aliphatic hydroxyl groups is 1. The molecule has 0 saturated carbocycles. The van der Waals surface area contributed by atoms with Gasteiger partial charge in [-0.05, 0) is 17.7 Å². The summed E-state index contributed by atoms with van der Waals surface area (Å²) in [5.41, 5.74) is 2.07.